The molecule has 0 unspecified atom stereocenters. The number of oxime groups is 1. The minimum Gasteiger partial charge on any atom is -0.744 e. The van der Waals surface area contributed by atoms with E-state index in [1.165, 1.54) is 80.2 Å². The maximum absolute atomic E-state index is 10.4. The molecule has 0 spiro atoms. The number of benzene rings is 6. The van der Waals surface area contributed by atoms with E-state index in [4.69, 9.17) is 41.9 Å². The van der Waals surface area contributed by atoms with Crippen molar-refractivity contribution in [1.82, 2.24) is 30.4 Å². The summed E-state index contributed by atoms with van der Waals surface area (Å²) in [7, 11) is -4.27. The Balaban J connectivity index is 0.000000304. The van der Waals surface area contributed by atoms with Crippen molar-refractivity contribution < 1.29 is 47.4 Å². The molecule has 4 atom stereocenters. The third kappa shape index (κ3) is 37.3. The lowest BCUT2D eigenvalue weighted by molar-refractivity contribution is -0.433. The SMILES string of the molecule is CCCCC[C@H](C)C(=O)O.CCCCC[C@H](C)c1nc(Cc2ccccc2)no1.CCCCC[C@H](N)c1nc(Cc2ccccc2)no1.CCCCC[C@H]([NH3+])c1nc(Cc2ccccc2)no1.Cc1ccc(S(=O)(=O)[O-])cc1.NC(Cc1ccccc1)=NO.[C-]#[N+]Cc1ccccc1. The van der Waals surface area contributed by atoms with E-state index in [1.807, 2.05) is 122 Å². The standard InChI is InChI=1S/C16H22N2O.2C15H21N3O.C8H10N2O.C8H7N.C8H16O2.C7H8O3S/c1-3-4-6-9-13(2)16-17-15(18-19-16)12-14-10-7-5-8-11-14;2*1-2-3-5-10-13(16)15-17-14(18-19-15)11-12-8-6-4-7-9-12;9-8(10-11)6-7-4-2-1-3-5-7;1-9-7-8-5-3-2-4-6-8;1-3-4-5-6-7(2)8(9)10;1-6-2-4-7(5-3-6)11(8,9)10/h5,7-8,10-11,13H,3-4,6,9,12H2,1-2H3;2*4,6-9,13H,2-3,5,10-11,16H2,1H3;1-5,11H,6H2,(H2,9,10);2-6H,7H2;7H,3-6H2,1-2H3,(H,9,10);2-5H,1H3,(H,8,9,10)/t3*13-;;;7-;/m000..0./s1. The number of quaternary nitrogens is 1. The molecule has 21 heteroatoms. The van der Waals surface area contributed by atoms with Crippen molar-refractivity contribution in [3.63, 3.8) is 0 Å². The van der Waals surface area contributed by atoms with Gasteiger partial charge in [0.25, 0.3) is 5.89 Å². The van der Waals surface area contributed by atoms with Crippen molar-refractivity contribution in [1.29, 1.82) is 0 Å². The molecule has 0 saturated carbocycles. The molecule has 9 N–H and O–H groups in total. The molecule has 0 fully saturated rings. The van der Waals surface area contributed by atoms with Gasteiger partial charge in [-0.15, -0.1) is 0 Å². The van der Waals surface area contributed by atoms with Gasteiger partial charge in [-0.05, 0) is 67.0 Å². The molecule has 0 bridgehead atoms. The Hall–Kier alpha value is -9.20. The average Bonchev–Trinajstić information content (AvgIpc) is 1.52. The summed E-state index contributed by atoms with van der Waals surface area (Å²) in [6, 6.07) is 55.7. The quantitative estimate of drug-likeness (QED) is 0.00531. The fraction of sp³-hybridized carbons (Fsp3) is 0.416. The van der Waals surface area contributed by atoms with Crippen LogP contribution in [0.25, 0.3) is 4.85 Å². The molecule has 0 radical (unpaired) electrons. The Morgan fingerprint density at radius 1 is 0.551 bits per heavy atom. The molecule has 0 saturated heterocycles. The first-order valence-corrected chi connectivity index (χ1v) is 35.5. The van der Waals surface area contributed by atoms with Crippen LogP contribution in [0.1, 0.15) is 231 Å². The molecule has 20 nitrogen and oxygen atoms in total. The van der Waals surface area contributed by atoms with Crippen molar-refractivity contribution in [2.75, 3.05) is 0 Å². The third-order valence-electron chi connectivity index (χ3n) is 15.1. The summed E-state index contributed by atoms with van der Waals surface area (Å²) < 4.78 is 47.1. The molecule has 9 aromatic rings. The number of amidine groups is 1. The molecular weight excluding hydrogens is 1250 g/mol. The van der Waals surface area contributed by atoms with Gasteiger partial charge in [0.05, 0.1) is 16.9 Å². The molecule has 9 rings (SSSR count). The maximum atomic E-state index is 10.4. The topological polar surface area (TPSA) is 328 Å². The number of hydrogen-bond donors (Lipinski definition) is 5. The first-order chi connectivity index (χ1) is 47.3. The molecule has 3 aromatic heterocycles. The minimum absolute atomic E-state index is 0.114. The van der Waals surface area contributed by atoms with Gasteiger partial charge in [-0.2, -0.15) is 15.0 Å². The lowest BCUT2D eigenvalue weighted by Crippen LogP contribution is -2.53. The number of carbonyl (C=O) groups is 1. The van der Waals surface area contributed by atoms with Crippen LogP contribution >= 0.6 is 0 Å². The number of nitrogens with zero attached hydrogens (tertiary/aromatic N) is 8. The highest BCUT2D eigenvalue weighted by Gasteiger charge is 2.19. The highest BCUT2D eigenvalue weighted by molar-refractivity contribution is 7.85. The summed E-state index contributed by atoms with van der Waals surface area (Å²) >= 11 is 0. The predicted molar refractivity (Wildman–Crippen MR) is 384 cm³/mol. The van der Waals surface area contributed by atoms with E-state index in [0.29, 0.717) is 49.3 Å². The lowest BCUT2D eigenvalue weighted by Gasteiger charge is -2.05. The summed E-state index contributed by atoms with van der Waals surface area (Å²) in [5, 5.41) is 31.7. The Morgan fingerprint density at radius 3 is 1.33 bits per heavy atom. The highest BCUT2D eigenvalue weighted by Crippen LogP contribution is 2.22. The number of aryl methyl sites for hydroxylation is 1. The first kappa shape index (κ1) is 83.0. The molecule has 6 aromatic carbocycles. The molecule has 0 aliphatic heterocycles. The summed E-state index contributed by atoms with van der Waals surface area (Å²) in [4.78, 5) is 26.7. The highest BCUT2D eigenvalue weighted by atomic mass is 32.2. The fourth-order valence-electron chi connectivity index (χ4n) is 9.24. The smallest absolute Gasteiger partial charge is 0.306 e. The average molecular weight is 1360 g/mol. The zero-order chi connectivity index (χ0) is 71.6. The van der Waals surface area contributed by atoms with Gasteiger partial charge in [0, 0.05) is 43.6 Å². The Bertz CT molecular complexity index is 3430. The number of rotatable bonds is 30. The Morgan fingerprint density at radius 2 is 0.918 bits per heavy atom. The third-order valence-corrected chi connectivity index (χ3v) is 16.0. The van der Waals surface area contributed by atoms with Gasteiger partial charge in [0.15, 0.2) is 23.5 Å². The van der Waals surface area contributed by atoms with Crippen LogP contribution in [0.3, 0.4) is 0 Å². The number of aromatic nitrogens is 6. The minimum atomic E-state index is -4.27. The van der Waals surface area contributed by atoms with E-state index >= 15 is 0 Å². The van der Waals surface area contributed by atoms with Crippen LogP contribution < -0.4 is 17.2 Å². The number of hydrogen-bond acceptors (Lipinski definition) is 16. The van der Waals surface area contributed by atoms with Crippen LogP contribution in [-0.2, 0) is 47.1 Å². The van der Waals surface area contributed by atoms with Gasteiger partial charge in [-0.25, -0.2) is 15.0 Å². The molecular formula is C77H105N11O9S. The Kier molecular flexibility index (Phi) is 42.5. The second-order valence-corrected chi connectivity index (χ2v) is 25.3. The van der Waals surface area contributed by atoms with Crippen molar-refractivity contribution in [2.45, 2.75) is 206 Å². The van der Waals surface area contributed by atoms with Gasteiger partial charge in [-0.1, -0.05) is 302 Å². The molecule has 0 aliphatic rings. The van der Waals surface area contributed by atoms with Crippen molar-refractivity contribution in [3.8, 4) is 0 Å². The normalized spacial score (nSPS) is 11.9. The summed E-state index contributed by atoms with van der Waals surface area (Å²) in [5.41, 5.74) is 22.1. The number of unbranched alkanes of at least 4 members (excludes halogenated alkanes) is 8. The summed E-state index contributed by atoms with van der Waals surface area (Å²) in [5.74, 6) is 3.99. The van der Waals surface area contributed by atoms with E-state index in [9.17, 15) is 17.8 Å². The number of carboxylic acids is 1. The van der Waals surface area contributed by atoms with E-state index in [1.54, 1.807) is 19.1 Å². The van der Waals surface area contributed by atoms with E-state index in [0.717, 1.165) is 92.0 Å². The Labute approximate surface area is 581 Å². The zero-order valence-corrected chi connectivity index (χ0v) is 59.3. The van der Waals surface area contributed by atoms with E-state index in [2.05, 4.69) is 117 Å². The molecule has 0 aliphatic carbocycles. The lowest BCUT2D eigenvalue weighted by atomic mass is 10.0. The van der Waals surface area contributed by atoms with Gasteiger partial charge >= 0.3 is 5.97 Å². The molecule has 528 valence electrons. The van der Waals surface area contributed by atoms with Crippen LogP contribution in [0.5, 0.6) is 0 Å². The molecule has 3 heterocycles. The summed E-state index contributed by atoms with van der Waals surface area (Å²) in [6.45, 7) is 21.5. The fourth-order valence-corrected chi connectivity index (χ4v) is 9.71. The van der Waals surface area contributed by atoms with Crippen molar-refractivity contribution >= 4 is 21.9 Å². The van der Waals surface area contributed by atoms with Crippen LogP contribution in [0.4, 0.5) is 0 Å². The number of nitrogens with two attached hydrogens (primary N) is 2. The van der Waals surface area contributed by atoms with Crippen molar-refractivity contribution in [3.05, 3.63) is 256 Å². The van der Waals surface area contributed by atoms with Gasteiger partial charge in [0.2, 0.25) is 18.3 Å². The maximum Gasteiger partial charge on any atom is 0.306 e. The van der Waals surface area contributed by atoms with Gasteiger partial charge in [0.1, 0.15) is 16.0 Å². The van der Waals surface area contributed by atoms with Gasteiger partial charge in [-0.3, -0.25) is 4.79 Å². The van der Waals surface area contributed by atoms with Crippen LogP contribution in [0, 0.1) is 19.4 Å². The number of carboxylic acid groups (broad SMARTS) is 1. The van der Waals surface area contributed by atoms with E-state index < -0.39 is 16.1 Å². The predicted octanol–water partition coefficient (Wildman–Crippen LogP) is 16.4. The zero-order valence-electron chi connectivity index (χ0n) is 58.5. The summed E-state index contributed by atoms with van der Waals surface area (Å²) in [6.07, 6.45) is 20.7. The monoisotopic (exact) mass is 1360 g/mol. The van der Waals surface area contributed by atoms with Crippen LogP contribution in [0.15, 0.2) is 200 Å². The largest absolute Gasteiger partial charge is 0.744 e. The second kappa shape index (κ2) is 50.2. The molecule has 98 heavy (non-hydrogen) atoms. The first-order valence-electron chi connectivity index (χ1n) is 34.1. The number of aliphatic carboxylic acids is 1. The second-order valence-electron chi connectivity index (χ2n) is 23.9. The van der Waals surface area contributed by atoms with Crippen LogP contribution in [-0.4, -0.2) is 65.5 Å². The molecule has 0 amide bonds. The van der Waals surface area contributed by atoms with E-state index in [-0.39, 0.29) is 28.7 Å². The van der Waals surface area contributed by atoms with Crippen molar-refractivity contribution in [2.24, 2.45) is 22.5 Å². The van der Waals surface area contributed by atoms with Crippen LogP contribution in [0.2, 0.25) is 0 Å². The van der Waals surface area contributed by atoms with Gasteiger partial charge < -0.3 is 50.5 Å².